The van der Waals surface area contributed by atoms with Crippen molar-refractivity contribution in [3.63, 3.8) is 0 Å². The second kappa shape index (κ2) is 3.76. The van der Waals surface area contributed by atoms with Crippen molar-refractivity contribution in [3.05, 3.63) is 41.8 Å². The van der Waals surface area contributed by atoms with Crippen LogP contribution in [-0.2, 0) is 0 Å². The van der Waals surface area contributed by atoms with E-state index in [0.29, 0.717) is 22.7 Å². The predicted octanol–water partition coefficient (Wildman–Crippen LogP) is 1.82. The van der Waals surface area contributed by atoms with E-state index in [-0.39, 0.29) is 0 Å². The largest absolute Gasteiger partial charge is 0.399 e. The van der Waals surface area contributed by atoms with E-state index in [1.807, 2.05) is 13.0 Å². The first kappa shape index (κ1) is 10.6. The lowest BCUT2D eigenvalue weighted by atomic mass is 10.2. The standard InChI is InChI=1S/C12H10FN5/c1-7-2-5-11-15-16-12(18(11)17-7)9-6-8(14)3-4-10(9)13/h2-6H,14H2,1H3. The molecule has 0 unspecified atom stereocenters. The highest BCUT2D eigenvalue weighted by Crippen LogP contribution is 2.23. The lowest BCUT2D eigenvalue weighted by Gasteiger charge is -2.02. The van der Waals surface area contributed by atoms with Crippen molar-refractivity contribution in [2.75, 3.05) is 5.73 Å². The molecule has 0 aliphatic rings. The molecule has 2 aromatic heterocycles. The zero-order valence-electron chi connectivity index (χ0n) is 9.63. The monoisotopic (exact) mass is 243 g/mol. The minimum Gasteiger partial charge on any atom is -0.399 e. The fourth-order valence-corrected chi connectivity index (χ4v) is 1.76. The summed E-state index contributed by atoms with van der Waals surface area (Å²) < 4.78 is 15.3. The molecule has 2 heterocycles. The van der Waals surface area contributed by atoms with Crippen LogP contribution in [0.3, 0.4) is 0 Å². The third kappa shape index (κ3) is 1.58. The van der Waals surface area contributed by atoms with Gasteiger partial charge in [-0.05, 0) is 37.3 Å². The molecule has 0 spiro atoms. The molecule has 1 aromatic carbocycles. The molecule has 3 aromatic rings. The lowest BCUT2D eigenvalue weighted by molar-refractivity contribution is 0.629. The molecule has 0 saturated heterocycles. The second-order valence-electron chi connectivity index (χ2n) is 4.01. The van der Waals surface area contributed by atoms with Crippen molar-refractivity contribution in [2.24, 2.45) is 0 Å². The first-order chi connectivity index (χ1) is 8.65. The van der Waals surface area contributed by atoms with Crippen molar-refractivity contribution >= 4 is 11.3 Å². The maximum atomic E-state index is 13.8. The number of fused-ring (bicyclic) bond motifs is 1. The number of aryl methyl sites for hydroxylation is 1. The van der Waals surface area contributed by atoms with Crippen LogP contribution in [0, 0.1) is 12.7 Å². The molecular weight excluding hydrogens is 233 g/mol. The number of hydrogen-bond donors (Lipinski definition) is 1. The predicted molar refractivity (Wildman–Crippen MR) is 65.3 cm³/mol. The molecule has 5 nitrogen and oxygen atoms in total. The molecule has 0 radical (unpaired) electrons. The van der Waals surface area contributed by atoms with Gasteiger partial charge in [-0.3, -0.25) is 0 Å². The number of halogens is 1. The Morgan fingerprint density at radius 3 is 2.83 bits per heavy atom. The molecule has 0 aliphatic carbocycles. The minimum atomic E-state index is -0.401. The van der Waals surface area contributed by atoms with Gasteiger partial charge >= 0.3 is 0 Å². The van der Waals surface area contributed by atoms with Crippen LogP contribution >= 0.6 is 0 Å². The number of anilines is 1. The number of aromatic nitrogens is 4. The number of benzene rings is 1. The first-order valence-corrected chi connectivity index (χ1v) is 5.39. The Bertz CT molecular complexity index is 734. The average molecular weight is 243 g/mol. The van der Waals surface area contributed by atoms with E-state index in [9.17, 15) is 4.39 Å². The third-order valence-electron chi connectivity index (χ3n) is 2.63. The van der Waals surface area contributed by atoms with Gasteiger partial charge in [-0.25, -0.2) is 4.39 Å². The molecule has 18 heavy (non-hydrogen) atoms. The summed E-state index contributed by atoms with van der Waals surface area (Å²) >= 11 is 0. The summed E-state index contributed by atoms with van der Waals surface area (Å²) in [6.45, 7) is 1.85. The van der Waals surface area contributed by atoms with Crippen LogP contribution in [0.15, 0.2) is 30.3 Å². The summed E-state index contributed by atoms with van der Waals surface area (Å²) in [7, 11) is 0. The van der Waals surface area contributed by atoms with E-state index in [2.05, 4.69) is 15.3 Å². The van der Waals surface area contributed by atoms with Crippen molar-refractivity contribution in [3.8, 4) is 11.4 Å². The maximum Gasteiger partial charge on any atom is 0.188 e. The molecule has 3 rings (SSSR count). The minimum absolute atomic E-state index is 0.292. The Balaban J connectivity index is 2.31. The molecule has 0 amide bonds. The molecule has 2 N–H and O–H groups in total. The smallest absolute Gasteiger partial charge is 0.188 e. The molecule has 0 saturated carbocycles. The van der Waals surface area contributed by atoms with Gasteiger partial charge in [0.1, 0.15) is 5.82 Å². The highest BCUT2D eigenvalue weighted by Gasteiger charge is 2.13. The van der Waals surface area contributed by atoms with Crippen LogP contribution in [0.4, 0.5) is 10.1 Å². The molecule has 0 fully saturated rings. The van der Waals surface area contributed by atoms with E-state index in [1.54, 1.807) is 6.07 Å². The number of nitrogens with zero attached hydrogens (tertiary/aromatic N) is 4. The van der Waals surface area contributed by atoms with Crippen LogP contribution in [0.5, 0.6) is 0 Å². The molecular formula is C12H10FN5. The van der Waals surface area contributed by atoms with Crippen LogP contribution < -0.4 is 5.73 Å². The van der Waals surface area contributed by atoms with E-state index in [4.69, 9.17) is 5.73 Å². The fraction of sp³-hybridized carbons (Fsp3) is 0.0833. The van der Waals surface area contributed by atoms with Gasteiger partial charge in [-0.1, -0.05) is 0 Å². The highest BCUT2D eigenvalue weighted by molar-refractivity contribution is 5.64. The lowest BCUT2D eigenvalue weighted by Crippen LogP contribution is -1.99. The second-order valence-corrected chi connectivity index (χ2v) is 4.01. The third-order valence-corrected chi connectivity index (χ3v) is 2.63. The Kier molecular flexibility index (Phi) is 2.22. The molecule has 0 aliphatic heterocycles. The Labute approximate surface area is 102 Å². The number of hydrogen-bond acceptors (Lipinski definition) is 4. The Hall–Kier alpha value is -2.50. The highest BCUT2D eigenvalue weighted by atomic mass is 19.1. The van der Waals surface area contributed by atoms with Gasteiger partial charge in [0.2, 0.25) is 0 Å². The number of rotatable bonds is 1. The molecule has 0 bridgehead atoms. The van der Waals surface area contributed by atoms with Crippen LogP contribution in [0.1, 0.15) is 5.69 Å². The van der Waals surface area contributed by atoms with Gasteiger partial charge in [0, 0.05) is 5.69 Å². The van der Waals surface area contributed by atoms with E-state index in [0.717, 1.165) is 5.69 Å². The zero-order chi connectivity index (χ0) is 12.7. The Morgan fingerprint density at radius 1 is 1.17 bits per heavy atom. The fourth-order valence-electron chi connectivity index (χ4n) is 1.76. The SMILES string of the molecule is Cc1ccc2nnc(-c3cc(N)ccc3F)n2n1. The van der Waals surface area contributed by atoms with Crippen molar-refractivity contribution < 1.29 is 4.39 Å². The van der Waals surface area contributed by atoms with E-state index >= 15 is 0 Å². The molecule has 90 valence electrons. The summed E-state index contributed by atoms with van der Waals surface area (Å²) in [6, 6.07) is 7.94. The number of nitrogen functional groups attached to an aromatic ring is 1. The van der Waals surface area contributed by atoms with Crippen LogP contribution in [0.2, 0.25) is 0 Å². The first-order valence-electron chi connectivity index (χ1n) is 5.39. The summed E-state index contributed by atoms with van der Waals surface area (Å²) in [6.07, 6.45) is 0. The van der Waals surface area contributed by atoms with Gasteiger partial charge in [0.15, 0.2) is 11.5 Å². The maximum absolute atomic E-state index is 13.8. The van der Waals surface area contributed by atoms with Gasteiger partial charge in [0.05, 0.1) is 11.3 Å². The van der Waals surface area contributed by atoms with Gasteiger partial charge in [-0.2, -0.15) is 9.61 Å². The summed E-state index contributed by atoms with van der Waals surface area (Å²) in [4.78, 5) is 0. The summed E-state index contributed by atoms with van der Waals surface area (Å²) in [5.74, 6) is -0.0553. The Morgan fingerprint density at radius 2 is 2.00 bits per heavy atom. The summed E-state index contributed by atoms with van der Waals surface area (Å²) in [5.41, 5.74) is 7.79. The normalized spacial score (nSPS) is 11.0. The van der Waals surface area contributed by atoms with Crippen LogP contribution in [-0.4, -0.2) is 19.8 Å². The van der Waals surface area contributed by atoms with Gasteiger partial charge < -0.3 is 5.73 Å². The van der Waals surface area contributed by atoms with Crippen molar-refractivity contribution in [1.82, 2.24) is 19.8 Å². The summed E-state index contributed by atoms with van der Waals surface area (Å²) in [5, 5.41) is 12.2. The van der Waals surface area contributed by atoms with Crippen molar-refractivity contribution in [1.29, 1.82) is 0 Å². The number of nitrogens with two attached hydrogens (primary N) is 1. The topological polar surface area (TPSA) is 69.1 Å². The van der Waals surface area contributed by atoms with Gasteiger partial charge in [0.25, 0.3) is 0 Å². The van der Waals surface area contributed by atoms with Gasteiger partial charge in [-0.15, -0.1) is 10.2 Å². The van der Waals surface area contributed by atoms with Crippen LogP contribution in [0.25, 0.3) is 17.0 Å². The quantitative estimate of drug-likeness (QED) is 0.662. The average Bonchev–Trinajstić information content (AvgIpc) is 2.75. The van der Waals surface area contributed by atoms with E-state index < -0.39 is 5.82 Å². The molecule has 0 atom stereocenters. The molecule has 6 heteroatoms. The van der Waals surface area contributed by atoms with Crippen molar-refractivity contribution in [2.45, 2.75) is 6.92 Å². The zero-order valence-corrected chi connectivity index (χ0v) is 9.63. The van der Waals surface area contributed by atoms with E-state index in [1.165, 1.54) is 22.7 Å².